The fraction of sp³-hybridized carbons (Fsp3) is 0.944. The molecule has 0 bridgehead atoms. The topological polar surface area (TPSA) is 78.9 Å². The summed E-state index contributed by atoms with van der Waals surface area (Å²) in [4.78, 5) is 37.9. The molecule has 1 atom stereocenters. The van der Waals surface area contributed by atoms with E-state index >= 15 is 0 Å². The van der Waals surface area contributed by atoms with Crippen LogP contribution >= 0.6 is 0 Å². The van der Waals surface area contributed by atoms with E-state index < -0.39 is 6.10 Å². The first kappa shape index (κ1) is 58.4. The largest absolute Gasteiger partial charge is 0.462 e. The van der Waals surface area contributed by atoms with E-state index in [2.05, 4.69) is 41.5 Å². The highest BCUT2D eigenvalue weighted by Crippen LogP contribution is 2.18. The number of ether oxygens (including phenoxy) is 3. The second-order valence-electron chi connectivity index (χ2n) is 19.9. The first-order chi connectivity index (χ1) is 29.1. The van der Waals surface area contributed by atoms with E-state index in [9.17, 15) is 14.4 Å². The van der Waals surface area contributed by atoms with E-state index in [1.807, 2.05) is 0 Å². The second kappa shape index (κ2) is 45.4. The highest BCUT2D eigenvalue weighted by atomic mass is 16.6. The molecule has 0 radical (unpaired) electrons. The highest BCUT2D eigenvalue weighted by Gasteiger charge is 2.19. The Labute approximate surface area is 374 Å². The third-order valence-corrected chi connectivity index (χ3v) is 12.1. The molecule has 6 heteroatoms. The molecule has 0 amide bonds. The van der Waals surface area contributed by atoms with Crippen LogP contribution in [0, 0.1) is 17.8 Å². The molecule has 0 unspecified atom stereocenters. The Morgan fingerprint density at radius 3 is 0.717 bits per heavy atom. The predicted octanol–water partition coefficient (Wildman–Crippen LogP) is 17.2. The molecule has 60 heavy (non-hydrogen) atoms. The smallest absolute Gasteiger partial charge is 0.306 e. The molecular weight excluding hydrogens is 745 g/mol. The van der Waals surface area contributed by atoms with Crippen LogP contribution in [0.4, 0.5) is 0 Å². The van der Waals surface area contributed by atoms with Gasteiger partial charge in [0.05, 0.1) is 0 Å². The fourth-order valence-electron chi connectivity index (χ4n) is 8.12. The summed E-state index contributed by atoms with van der Waals surface area (Å²) in [5.74, 6) is 1.59. The fourth-order valence-corrected chi connectivity index (χ4v) is 8.12. The first-order valence-electron chi connectivity index (χ1n) is 26.6. The van der Waals surface area contributed by atoms with Gasteiger partial charge in [-0.3, -0.25) is 14.4 Å². The number of unbranched alkanes of at least 4 members (excludes halogenated alkanes) is 30. The maximum atomic E-state index is 12.8. The maximum absolute atomic E-state index is 12.8. The number of hydrogen-bond acceptors (Lipinski definition) is 6. The average molecular weight is 849 g/mol. The van der Waals surface area contributed by atoms with Crippen molar-refractivity contribution in [1.82, 2.24) is 0 Å². The van der Waals surface area contributed by atoms with Crippen LogP contribution in [0.1, 0.15) is 292 Å². The second-order valence-corrected chi connectivity index (χ2v) is 19.9. The van der Waals surface area contributed by atoms with Crippen molar-refractivity contribution in [1.29, 1.82) is 0 Å². The van der Waals surface area contributed by atoms with Crippen LogP contribution in [0.25, 0.3) is 0 Å². The molecule has 0 N–H and O–H groups in total. The summed E-state index contributed by atoms with van der Waals surface area (Å²) in [6.45, 7) is 13.7. The summed E-state index contributed by atoms with van der Waals surface area (Å²) < 4.78 is 16.8. The van der Waals surface area contributed by atoms with Gasteiger partial charge in [0.15, 0.2) is 6.10 Å². The normalized spacial score (nSPS) is 12.2. The minimum Gasteiger partial charge on any atom is -0.462 e. The molecule has 0 saturated carbocycles. The van der Waals surface area contributed by atoms with Crippen molar-refractivity contribution in [2.24, 2.45) is 17.8 Å². The monoisotopic (exact) mass is 849 g/mol. The van der Waals surface area contributed by atoms with Crippen molar-refractivity contribution >= 4 is 17.9 Å². The Bertz CT molecular complexity index is 929. The lowest BCUT2D eigenvalue weighted by molar-refractivity contribution is -0.167. The van der Waals surface area contributed by atoms with Crippen LogP contribution in [-0.4, -0.2) is 37.2 Å². The number of esters is 3. The third-order valence-electron chi connectivity index (χ3n) is 12.1. The molecule has 0 aliphatic carbocycles. The van der Waals surface area contributed by atoms with Crippen LogP contribution in [-0.2, 0) is 28.6 Å². The van der Waals surface area contributed by atoms with Crippen molar-refractivity contribution in [3.8, 4) is 0 Å². The maximum Gasteiger partial charge on any atom is 0.306 e. The van der Waals surface area contributed by atoms with Crippen LogP contribution in [0.3, 0.4) is 0 Å². The number of carbonyl (C=O) groups excluding carboxylic acids is 3. The van der Waals surface area contributed by atoms with Crippen molar-refractivity contribution in [3.63, 3.8) is 0 Å². The SMILES string of the molecule is CC(C)CCCCCCCCCCCCCCCCC(=O)O[C@@H](COC(=O)CCCCCCCCCCCCCCCC(C)C)COC(=O)CCCCCCCCC(C)C. The number of carbonyl (C=O) groups is 3. The van der Waals surface area contributed by atoms with Crippen molar-refractivity contribution in [2.75, 3.05) is 13.2 Å². The molecule has 0 aromatic rings. The van der Waals surface area contributed by atoms with Crippen LogP contribution in [0.5, 0.6) is 0 Å². The molecule has 6 nitrogen and oxygen atoms in total. The number of rotatable bonds is 47. The van der Waals surface area contributed by atoms with Gasteiger partial charge in [-0.05, 0) is 37.0 Å². The summed E-state index contributed by atoms with van der Waals surface area (Å²) >= 11 is 0. The Kier molecular flexibility index (Phi) is 44.2. The van der Waals surface area contributed by atoms with Crippen LogP contribution < -0.4 is 0 Å². The zero-order valence-corrected chi connectivity index (χ0v) is 41.3. The average Bonchev–Trinajstić information content (AvgIpc) is 3.20. The lowest BCUT2D eigenvalue weighted by Gasteiger charge is -2.18. The van der Waals surface area contributed by atoms with E-state index in [1.54, 1.807) is 0 Å². The molecule has 0 aliphatic heterocycles. The Morgan fingerprint density at radius 2 is 0.483 bits per heavy atom. The summed E-state index contributed by atoms with van der Waals surface area (Å²) in [7, 11) is 0. The van der Waals surface area contributed by atoms with Gasteiger partial charge >= 0.3 is 17.9 Å². The van der Waals surface area contributed by atoms with E-state index in [4.69, 9.17) is 14.2 Å². The van der Waals surface area contributed by atoms with E-state index in [0.717, 1.165) is 75.5 Å². The van der Waals surface area contributed by atoms with Gasteiger partial charge in [0, 0.05) is 19.3 Å². The molecule has 0 aromatic heterocycles. The van der Waals surface area contributed by atoms with Gasteiger partial charge in [-0.15, -0.1) is 0 Å². The molecular formula is C54H104O6. The highest BCUT2D eigenvalue weighted by molar-refractivity contribution is 5.71. The predicted molar refractivity (Wildman–Crippen MR) is 256 cm³/mol. The molecule has 0 heterocycles. The molecule has 0 aliphatic rings. The third kappa shape index (κ3) is 47.5. The minimum atomic E-state index is -0.763. The van der Waals surface area contributed by atoms with Gasteiger partial charge in [-0.2, -0.15) is 0 Å². The molecule has 0 spiro atoms. The van der Waals surface area contributed by atoms with Gasteiger partial charge in [0.2, 0.25) is 0 Å². The summed E-state index contributed by atoms with van der Waals surface area (Å²) in [5.41, 5.74) is 0. The van der Waals surface area contributed by atoms with Gasteiger partial charge in [-0.1, -0.05) is 253 Å². The summed E-state index contributed by atoms with van der Waals surface area (Å²) in [5, 5.41) is 0. The van der Waals surface area contributed by atoms with E-state index in [1.165, 1.54) is 173 Å². The number of hydrogen-bond donors (Lipinski definition) is 0. The molecule has 0 aromatic carbocycles. The summed E-state index contributed by atoms with van der Waals surface area (Å²) in [6, 6.07) is 0. The van der Waals surface area contributed by atoms with Crippen molar-refractivity contribution in [3.05, 3.63) is 0 Å². The van der Waals surface area contributed by atoms with Gasteiger partial charge in [0.1, 0.15) is 13.2 Å². The summed E-state index contributed by atoms with van der Waals surface area (Å²) in [6.07, 6.45) is 45.3. The Morgan fingerprint density at radius 1 is 0.283 bits per heavy atom. The van der Waals surface area contributed by atoms with Gasteiger partial charge in [-0.25, -0.2) is 0 Å². The standard InChI is InChI=1S/C54H104O6/c1-48(2)40-34-28-22-18-14-10-7-8-12-17-21-25-33-39-45-54(57)60-51(47-59-53(56)44-38-32-27-26-30-36-42-50(5)6)46-58-52(55)43-37-31-24-20-16-13-9-11-15-19-23-29-35-41-49(3)4/h48-51H,7-47H2,1-6H3/t51-/m0/s1. The first-order valence-corrected chi connectivity index (χ1v) is 26.6. The Hall–Kier alpha value is -1.59. The quantitative estimate of drug-likeness (QED) is 0.0345. The van der Waals surface area contributed by atoms with Crippen molar-refractivity contribution in [2.45, 2.75) is 298 Å². The van der Waals surface area contributed by atoms with Crippen LogP contribution in [0.15, 0.2) is 0 Å². The lowest BCUT2D eigenvalue weighted by atomic mass is 10.0. The zero-order valence-electron chi connectivity index (χ0n) is 41.3. The van der Waals surface area contributed by atoms with Crippen LogP contribution in [0.2, 0.25) is 0 Å². The van der Waals surface area contributed by atoms with E-state index in [0.29, 0.717) is 19.3 Å². The molecule has 356 valence electrons. The molecule has 0 fully saturated rings. The molecule has 0 saturated heterocycles. The van der Waals surface area contributed by atoms with Crippen molar-refractivity contribution < 1.29 is 28.6 Å². The van der Waals surface area contributed by atoms with E-state index in [-0.39, 0.29) is 31.1 Å². The van der Waals surface area contributed by atoms with Gasteiger partial charge in [0.25, 0.3) is 0 Å². The minimum absolute atomic E-state index is 0.0650. The van der Waals surface area contributed by atoms with Gasteiger partial charge < -0.3 is 14.2 Å². The lowest BCUT2D eigenvalue weighted by Crippen LogP contribution is -2.30. The Balaban J connectivity index is 4.26. The molecule has 0 rings (SSSR count). The zero-order chi connectivity index (χ0) is 44.2.